The topological polar surface area (TPSA) is 57.7 Å². The molecule has 0 spiro atoms. The Kier molecular flexibility index (Phi) is 6.18. The van der Waals surface area contributed by atoms with Crippen molar-refractivity contribution in [1.29, 1.82) is 0 Å². The lowest BCUT2D eigenvalue weighted by molar-refractivity contribution is 0.102. The first-order chi connectivity index (χ1) is 15.0. The smallest absolute Gasteiger partial charge is 0.255 e. The van der Waals surface area contributed by atoms with Crippen LogP contribution in [-0.4, -0.2) is 56.1 Å². The van der Waals surface area contributed by atoms with Crippen LogP contribution in [0.1, 0.15) is 15.9 Å². The summed E-state index contributed by atoms with van der Waals surface area (Å²) in [4.78, 5) is 21.6. The number of rotatable bonds is 5. The highest BCUT2D eigenvalue weighted by Gasteiger charge is 2.18. The average Bonchev–Trinajstić information content (AvgIpc) is 2.80. The normalized spacial score (nSPS) is 14.4. The van der Waals surface area contributed by atoms with Gasteiger partial charge in [-0.1, -0.05) is 12.1 Å². The van der Waals surface area contributed by atoms with Crippen molar-refractivity contribution in [3.05, 3.63) is 72.1 Å². The molecule has 6 nitrogen and oxygen atoms in total. The van der Waals surface area contributed by atoms with Gasteiger partial charge < -0.3 is 19.9 Å². The monoisotopic (exact) mass is 416 g/mol. The molecule has 1 aliphatic rings. The van der Waals surface area contributed by atoms with Crippen molar-refractivity contribution in [3.8, 4) is 16.9 Å². The molecule has 0 atom stereocenters. The number of piperazine rings is 1. The number of ether oxygens (including phenoxy) is 1. The van der Waals surface area contributed by atoms with E-state index in [0.29, 0.717) is 5.56 Å². The van der Waals surface area contributed by atoms with Gasteiger partial charge >= 0.3 is 0 Å². The zero-order valence-corrected chi connectivity index (χ0v) is 18.3. The Labute approximate surface area is 183 Å². The van der Waals surface area contributed by atoms with E-state index in [0.717, 1.165) is 60.0 Å². The average molecular weight is 417 g/mol. The molecule has 0 bridgehead atoms. The molecule has 4 rings (SSSR count). The van der Waals surface area contributed by atoms with Crippen molar-refractivity contribution >= 4 is 17.3 Å². The highest BCUT2D eigenvalue weighted by atomic mass is 16.5. The molecule has 2 aromatic carbocycles. The summed E-state index contributed by atoms with van der Waals surface area (Å²) in [5.74, 6) is 0.687. The molecule has 1 amide bonds. The summed E-state index contributed by atoms with van der Waals surface area (Å²) in [5.41, 5.74) is 5.68. The number of hydrogen-bond donors (Lipinski definition) is 1. The van der Waals surface area contributed by atoms with E-state index in [-0.39, 0.29) is 5.91 Å². The van der Waals surface area contributed by atoms with Gasteiger partial charge in [0.15, 0.2) is 0 Å². The Balaban J connectivity index is 1.50. The van der Waals surface area contributed by atoms with Crippen LogP contribution in [0.25, 0.3) is 11.1 Å². The SMILES string of the molecule is COc1ccc(NC(=O)c2ccc(-c3ccncc3C)cc2)cc1N1CCN(C)CC1. The first kappa shape index (κ1) is 20.9. The number of aromatic nitrogens is 1. The van der Waals surface area contributed by atoms with Gasteiger partial charge in [0.2, 0.25) is 0 Å². The van der Waals surface area contributed by atoms with Crippen LogP contribution < -0.4 is 15.0 Å². The van der Waals surface area contributed by atoms with E-state index in [1.54, 1.807) is 13.3 Å². The maximum Gasteiger partial charge on any atom is 0.255 e. The summed E-state index contributed by atoms with van der Waals surface area (Å²) < 4.78 is 5.56. The number of pyridine rings is 1. The van der Waals surface area contributed by atoms with Crippen LogP contribution in [0, 0.1) is 6.92 Å². The van der Waals surface area contributed by atoms with Crippen LogP contribution in [0.4, 0.5) is 11.4 Å². The number of methoxy groups -OCH3 is 1. The van der Waals surface area contributed by atoms with Gasteiger partial charge in [0, 0.05) is 49.8 Å². The van der Waals surface area contributed by atoms with Crippen LogP contribution in [0.3, 0.4) is 0 Å². The Bertz CT molecular complexity index is 1060. The summed E-state index contributed by atoms with van der Waals surface area (Å²) in [5, 5.41) is 3.03. The standard InChI is InChI=1S/C25H28N4O2/c1-18-17-26-11-10-22(18)19-4-6-20(7-5-19)25(30)27-21-8-9-24(31-3)23(16-21)29-14-12-28(2)13-15-29/h4-11,16-17H,12-15H2,1-3H3,(H,27,30). The summed E-state index contributed by atoms with van der Waals surface area (Å²) >= 11 is 0. The van der Waals surface area contributed by atoms with E-state index < -0.39 is 0 Å². The van der Waals surface area contributed by atoms with E-state index in [4.69, 9.17) is 4.74 Å². The lowest BCUT2D eigenvalue weighted by atomic mass is 10.0. The fourth-order valence-corrected chi connectivity index (χ4v) is 3.86. The largest absolute Gasteiger partial charge is 0.495 e. The van der Waals surface area contributed by atoms with E-state index >= 15 is 0 Å². The minimum absolute atomic E-state index is 0.132. The van der Waals surface area contributed by atoms with Crippen LogP contribution in [0.2, 0.25) is 0 Å². The van der Waals surface area contributed by atoms with Crippen molar-refractivity contribution < 1.29 is 9.53 Å². The summed E-state index contributed by atoms with van der Waals surface area (Å²) in [6.45, 7) is 5.90. The molecule has 3 aromatic rings. The number of carbonyl (C=O) groups excluding carboxylic acids is 1. The summed E-state index contributed by atoms with van der Waals surface area (Å²) in [6.07, 6.45) is 3.63. The number of aryl methyl sites for hydroxylation is 1. The Morgan fingerprint density at radius 2 is 1.77 bits per heavy atom. The van der Waals surface area contributed by atoms with Crippen molar-refractivity contribution in [2.24, 2.45) is 0 Å². The molecule has 160 valence electrons. The van der Waals surface area contributed by atoms with Gasteiger partial charge in [-0.3, -0.25) is 9.78 Å². The van der Waals surface area contributed by atoms with Crippen LogP contribution >= 0.6 is 0 Å². The number of hydrogen-bond acceptors (Lipinski definition) is 5. The molecule has 2 heterocycles. The van der Waals surface area contributed by atoms with Gasteiger partial charge in [-0.2, -0.15) is 0 Å². The third-order valence-corrected chi connectivity index (χ3v) is 5.76. The van der Waals surface area contributed by atoms with Crippen molar-refractivity contribution in [2.45, 2.75) is 6.92 Å². The van der Waals surface area contributed by atoms with Crippen molar-refractivity contribution in [3.63, 3.8) is 0 Å². The van der Waals surface area contributed by atoms with Gasteiger partial charge in [0.25, 0.3) is 5.91 Å². The lowest BCUT2D eigenvalue weighted by Gasteiger charge is -2.34. The molecule has 0 saturated carbocycles. The Hall–Kier alpha value is -3.38. The molecule has 1 saturated heterocycles. The second-order valence-electron chi connectivity index (χ2n) is 7.90. The first-order valence-electron chi connectivity index (χ1n) is 10.5. The molecular formula is C25H28N4O2. The second kappa shape index (κ2) is 9.18. The lowest BCUT2D eigenvalue weighted by Crippen LogP contribution is -2.44. The van der Waals surface area contributed by atoms with E-state index in [1.165, 1.54) is 0 Å². The van der Waals surface area contributed by atoms with E-state index in [2.05, 4.69) is 27.1 Å². The third-order valence-electron chi connectivity index (χ3n) is 5.76. The number of benzene rings is 2. The van der Waals surface area contributed by atoms with Crippen LogP contribution in [0.5, 0.6) is 5.75 Å². The highest BCUT2D eigenvalue weighted by Crippen LogP contribution is 2.32. The van der Waals surface area contributed by atoms with E-state index in [9.17, 15) is 4.79 Å². The molecule has 1 aromatic heterocycles. The van der Waals surface area contributed by atoms with Crippen LogP contribution in [0.15, 0.2) is 60.9 Å². The number of likely N-dealkylation sites (N-methyl/N-ethyl adjacent to an activating group) is 1. The minimum Gasteiger partial charge on any atom is -0.495 e. The van der Waals surface area contributed by atoms with Crippen molar-refractivity contribution in [1.82, 2.24) is 9.88 Å². The highest BCUT2D eigenvalue weighted by molar-refractivity contribution is 6.04. The third kappa shape index (κ3) is 4.70. The number of amides is 1. The predicted molar refractivity (Wildman–Crippen MR) is 125 cm³/mol. The number of nitrogens with zero attached hydrogens (tertiary/aromatic N) is 3. The number of carbonyl (C=O) groups is 1. The Morgan fingerprint density at radius 3 is 2.45 bits per heavy atom. The van der Waals surface area contributed by atoms with Gasteiger partial charge in [0.05, 0.1) is 12.8 Å². The number of anilines is 2. The van der Waals surface area contributed by atoms with E-state index in [1.807, 2.05) is 61.7 Å². The molecule has 0 unspecified atom stereocenters. The summed E-state index contributed by atoms with van der Waals surface area (Å²) in [7, 11) is 3.81. The molecular weight excluding hydrogens is 388 g/mol. The molecule has 31 heavy (non-hydrogen) atoms. The first-order valence-corrected chi connectivity index (χ1v) is 10.5. The molecule has 0 aliphatic carbocycles. The molecule has 6 heteroatoms. The minimum atomic E-state index is -0.132. The zero-order chi connectivity index (χ0) is 21.8. The van der Waals surface area contributed by atoms with Gasteiger partial charge in [-0.25, -0.2) is 0 Å². The maximum atomic E-state index is 12.8. The molecule has 1 fully saturated rings. The quantitative estimate of drug-likeness (QED) is 0.680. The molecule has 0 radical (unpaired) electrons. The maximum absolute atomic E-state index is 12.8. The van der Waals surface area contributed by atoms with Gasteiger partial charge in [-0.05, 0) is 67.1 Å². The number of nitrogens with one attached hydrogen (secondary N) is 1. The van der Waals surface area contributed by atoms with Gasteiger partial charge in [-0.15, -0.1) is 0 Å². The molecule has 1 aliphatic heterocycles. The van der Waals surface area contributed by atoms with Gasteiger partial charge in [0.1, 0.15) is 5.75 Å². The zero-order valence-electron chi connectivity index (χ0n) is 18.3. The Morgan fingerprint density at radius 1 is 1.03 bits per heavy atom. The van der Waals surface area contributed by atoms with Crippen LogP contribution in [-0.2, 0) is 0 Å². The van der Waals surface area contributed by atoms with Crippen molar-refractivity contribution in [2.75, 3.05) is 50.6 Å². The predicted octanol–water partition coefficient (Wildman–Crippen LogP) is 4.07. The fraction of sp³-hybridized carbons (Fsp3) is 0.280. The molecule has 1 N–H and O–H groups in total. The summed E-state index contributed by atoms with van der Waals surface area (Å²) in [6, 6.07) is 15.4. The second-order valence-corrected chi connectivity index (χ2v) is 7.90. The fourth-order valence-electron chi connectivity index (χ4n) is 3.86.